The van der Waals surface area contributed by atoms with E-state index in [1.54, 1.807) is 14.0 Å². The SMILES string of the molecule is Cc1cc(-c2ncn(/C=C(/C(=O)O)c3cnn(C)c3)n2)cc(C(F)(F)F)c1. The lowest BCUT2D eigenvalue weighted by Gasteiger charge is -2.09. The quantitative estimate of drug-likeness (QED) is 0.706. The Kier molecular flexibility index (Phi) is 4.56. The van der Waals surface area contributed by atoms with Crippen molar-refractivity contribution in [3.8, 4) is 11.4 Å². The lowest BCUT2D eigenvalue weighted by Crippen LogP contribution is -2.05. The third-order valence-electron chi connectivity index (χ3n) is 3.68. The van der Waals surface area contributed by atoms with Crippen LogP contribution in [0.5, 0.6) is 0 Å². The zero-order chi connectivity index (χ0) is 19.8. The summed E-state index contributed by atoms with van der Waals surface area (Å²) < 4.78 is 41.6. The first kappa shape index (κ1) is 18.4. The number of halogens is 3. The maximum atomic E-state index is 13.0. The molecule has 3 aromatic rings. The standard InChI is InChI=1S/C17H14F3N5O2/c1-10-3-11(5-13(4-10)17(18,19)20)15-21-9-25(23-15)8-14(16(26)27)12-6-22-24(2)7-12/h3-9H,1-2H3,(H,26,27)/b14-8+. The van der Waals surface area contributed by atoms with Gasteiger partial charge in [-0.3, -0.25) is 4.68 Å². The molecule has 7 nitrogen and oxygen atoms in total. The van der Waals surface area contributed by atoms with Gasteiger partial charge in [0.05, 0.1) is 17.3 Å². The zero-order valence-corrected chi connectivity index (χ0v) is 14.3. The highest BCUT2D eigenvalue weighted by Gasteiger charge is 2.31. The van der Waals surface area contributed by atoms with Crippen LogP contribution in [0.25, 0.3) is 23.2 Å². The molecule has 1 aromatic carbocycles. The van der Waals surface area contributed by atoms with E-state index >= 15 is 0 Å². The molecule has 0 aliphatic heterocycles. The summed E-state index contributed by atoms with van der Waals surface area (Å²) in [6.07, 6.45) is 0.864. The van der Waals surface area contributed by atoms with Gasteiger partial charge in [-0.05, 0) is 30.7 Å². The highest BCUT2D eigenvalue weighted by Crippen LogP contribution is 2.32. The van der Waals surface area contributed by atoms with E-state index in [1.165, 1.54) is 35.7 Å². The first-order valence-electron chi connectivity index (χ1n) is 7.68. The van der Waals surface area contributed by atoms with Crippen LogP contribution in [-0.4, -0.2) is 35.6 Å². The van der Waals surface area contributed by atoms with Gasteiger partial charge in [0.2, 0.25) is 0 Å². The molecule has 0 aliphatic rings. The van der Waals surface area contributed by atoms with Gasteiger partial charge in [0.25, 0.3) is 0 Å². The molecular formula is C17H14F3N5O2. The molecule has 10 heteroatoms. The fourth-order valence-electron chi connectivity index (χ4n) is 2.49. The van der Waals surface area contributed by atoms with Crippen LogP contribution in [0.4, 0.5) is 13.2 Å². The van der Waals surface area contributed by atoms with Gasteiger partial charge in [-0.15, -0.1) is 5.10 Å². The van der Waals surface area contributed by atoms with Crippen LogP contribution in [0.2, 0.25) is 0 Å². The minimum absolute atomic E-state index is 0.0522. The number of nitrogens with zero attached hydrogens (tertiary/aromatic N) is 5. The van der Waals surface area contributed by atoms with Crippen molar-refractivity contribution in [3.63, 3.8) is 0 Å². The highest BCUT2D eigenvalue weighted by molar-refractivity contribution is 6.19. The van der Waals surface area contributed by atoms with Crippen molar-refractivity contribution in [1.29, 1.82) is 0 Å². The summed E-state index contributed by atoms with van der Waals surface area (Å²) in [5, 5.41) is 17.4. The fraction of sp³-hybridized carbons (Fsp3) is 0.176. The normalized spacial score (nSPS) is 12.4. The summed E-state index contributed by atoms with van der Waals surface area (Å²) in [5.74, 6) is -1.15. The van der Waals surface area contributed by atoms with Gasteiger partial charge in [0.1, 0.15) is 6.33 Å². The van der Waals surface area contributed by atoms with E-state index in [2.05, 4.69) is 15.2 Å². The number of aromatic nitrogens is 5. The molecule has 0 unspecified atom stereocenters. The number of carboxylic acids is 1. The van der Waals surface area contributed by atoms with Crippen LogP contribution in [0.1, 0.15) is 16.7 Å². The molecule has 1 N–H and O–H groups in total. The molecule has 0 saturated carbocycles. The molecule has 2 heterocycles. The molecule has 0 saturated heterocycles. The van der Waals surface area contributed by atoms with Gasteiger partial charge in [0.15, 0.2) is 5.82 Å². The Labute approximate surface area is 151 Å². The number of hydrogen-bond acceptors (Lipinski definition) is 4. The number of alkyl halides is 3. The predicted molar refractivity (Wildman–Crippen MR) is 90.2 cm³/mol. The molecule has 0 amide bonds. The summed E-state index contributed by atoms with van der Waals surface area (Å²) in [4.78, 5) is 15.5. The first-order chi connectivity index (χ1) is 12.6. The molecule has 0 bridgehead atoms. The van der Waals surface area contributed by atoms with E-state index in [1.807, 2.05) is 0 Å². The maximum Gasteiger partial charge on any atom is 0.416 e. The molecule has 140 valence electrons. The summed E-state index contributed by atoms with van der Waals surface area (Å²) in [6, 6.07) is 3.51. The second-order valence-electron chi connectivity index (χ2n) is 5.88. The van der Waals surface area contributed by atoms with Crippen molar-refractivity contribution in [2.75, 3.05) is 0 Å². The van der Waals surface area contributed by atoms with Gasteiger partial charge in [-0.25, -0.2) is 14.5 Å². The van der Waals surface area contributed by atoms with Crippen molar-refractivity contribution in [2.24, 2.45) is 7.05 Å². The lowest BCUT2D eigenvalue weighted by atomic mass is 10.1. The largest absolute Gasteiger partial charge is 0.478 e. The Hall–Kier alpha value is -3.43. The fourth-order valence-corrected chi connectivity index (χ4v) is 2.49. The Balaban J connectivity index is 1.99. The van der Waals surface area contributed by atoms with Crippen LogP contribution in [0.3, 0.4) is 0 Å². The Morgan fingerprint density at radius 3 is 2.59 bits per heavy atom. The van der Waals surface area contributed by atoms with E-state index in [0.29, 0.717) is 11.1 Å². The van der Waals surface area contributed by atoms with Gasteiger partial charge >= 0.3 is 12.1 Å². The molecule has 0 spiro atoms. The van der Waals surface area contributed by atoms with Crippen molar-refractivity contribution >= 4 is 17.7 Å². The minimum atomic E-state index is -4.49. The highest BCUT2D eigenvalue weighted by atomic mass is 19.4. The van der Waals surface area contributed by atoms with E-state index in [9.17, 15) is 23.1 Å². The molecule has 0 fully saturated rings. The maximum absolute atomic E-state index is 13.0. The number of carbonyl (C=O) groups is 1. The van der Waals surface area contributed by atoms with Crippen LogP contribution in [0, 0.1) is 6.92 Å². The number of hydrogen-bond donors (Lipinski definition) is 1. The molecule has 0 atom stereocenters. The number of carboxylic acid groups (broad SMARTS) is 1. The van der Waals surface area contributed by atoms with E-state index in [0.717, 1.165) is 16.8 Å². The molecule has 0 radical (unpaired) electrons. The van der Waals surface area contributed by atoms with Gasteiger partial charge in [-0.2, -0.15) is 18.3 Å². The topological polar surface area (TPSA) is 85.8 Å². The Bertz CT molecular complexity index is 1030. The Morgan fingerprint density at radius 1 is 1.26 bits per heavy atom. The van der Waals surface area contributed by atoms with Crippen molar-refractivity contribution in [2.45, 2.75) is 13.1 Å². The van der Waals surface area contributed by atoms with E-state index in [4.69, 9.17) is 0 Å². The van der Waals surface area contributed by atoms with Crippen LogP contribution in [0.15, 0.2) is 36.9 Å². The molecule has 2 aromatic heterocycles. The van der Waals surface area contributed by atoms with Gasteiger partial charge in [0, 0.05) is 30.6 Å². The molecule has 27 heavy (non-hydrogen) atoms. The molecule has 0 aliphatic carbocycles. The van der Waals surface area contributed by atoms with Crippen molar-refractivity contribution in [1.82, 2.24) is 24.5 Å². The third kappa shape index (κ3) is 4.05. The second kappa shape index (κ2) is 6.71. The summed E-state index contributed by atoms with van der Waals surface area (Å²) in [7, 11) is 1.65. The average molecular weight is 377 g/mol. The molecule has 3 rings (SSSR count). The first-order valence-corrected chi connectivity index (χ1v) is 7.68. The molecular weight excluding hydrogens is 363 g/mol. The van der Waals surface area contributed by atoms with Crippen molar-refractivity contribution < 1.29 is 23.1 Å². The van der Waals surface area contributed by atoms with Crippen molar-refractivity contribution in [3.05, 3.63) is 53.6 Å². The number of aryl methyl sites for hydroxylation is 2. The van der Waals surface area contributed by atoms with Crippen LogP contribution < -0.4 is 0 Å². The van der Waals surface area contributed by atoms with Gasteiger partial charge < -0.3 is 5.11 Å². The van der Waals surface area contributed by atoms with Crippen LogP contribution in [-0.2, 0) is 18.0 Å². The van der Waals surface area contributed by atoms with Crippen LogP contribution >= 0.6 is 0 Å². The zero-order valence-electron chi connectivity index (χ0n) is 14.3. The minimum Gasteiger partial charge on any atom is -0.478 e. The third-order valence-corrected chi connectivity index (χ3v) is 3.68. The number of rotatable bonds is 4. The lowest BCUT2D eigenvalue weighted by molar-refractivity contribution is -0.137. The predicted octanol–water partition coefficient (Wildman–Crippen LogP) is 3.09. The smallest absolute Gasteiger partial charge is 0.416 e. The second-order valence-corrected chi connectivity index (χ2v) is 5.88. The van der Waals surface area contributed by atoms with E-state index < -0.39 is 17.7 Å². The Morgan fingerprint density at radius 2 is 2.00 bits per heavy atom. The number of benzene rings is 1. The summed E-state index contributed by atoms with van der Waals surface area (Å²) in [5.41, 5.74) is 0.0729. The summed E-state index contributed by atoms with van der Waals surface area (Å²) >= 11 is 0. The van der Waals surface area contributed by atoms with Gasteiger partial charge in [-0.1, -0.05) is 0 Å². The van der Waals surface area contributed by atoms with E-state index in [-0.39, 0.29) is 17.0 Å². The average Bonchev–Trinajstić information content (AvgIpc) is 3.20. The monoisotopic (exact) mass is 377 g/mol. The summed E-state index contributed by atoms with van der Waals surface area (Å²) in [6.45, 7) is 1.54. The number of aliphatic carboxylic acids is 1.